The van der Waals surface area contributed by atoms with Gasteiger partial charge in [0, 0.05) is 12.4 Å². The van der Waals surface area contributed by atoms with Crippen LogP contribution in [0.1, 0.15) is 31.3 Å². The molecule has 0 aromatic carbocycles. The maximum atomic E-state index is 12.2. The smallest absolute Gasteiger partial charge is 0.412 e. The minimum absolute atomic E-state index is 0.124. The first-order valence-corrected chi connectivity index (χ1v) is 7.39. The molecule has 0 aliphatic rings. The summed E-state index contributed by atoms with van der Waals surface area (Å²) < 4.78 is 5.14. The Morgan fingerprint density at radius 1 is 1.32 bits per heavy atom. The van der Waals surface area contributed by atoms with E-state index in [-0.39, 0.29) is 5.69 Å². The van der Waals surface area contributed by atoms with Crippen LogP contribution in [0.5, 0.6) is 0 Å². The number of nitrogens with zero attached hydrogens (tertiary/aromatic N) is 4. The number of aromatic amines is 1. The van der Waals surface area contributed by atoms with Gasteiger partial charge in [0.1, 0.15) is 11.3 Å². The third-order valence-corrected chi connectivity index (χ3v) is 2.91. The number of amides is 1. The Morgan fingerprint density at radius 3 is 2.88 bits per heavy atom. The van der Waals surface area contributed by atoms with Gasteiger partial charge in [0.25, 0.3) is 0 Å². The molecule has 10 heteroatoms. The number of H-pyrrole nitrogens is 1. The van der Waals surface area contributed by atoms with Gasteiger partial charge in [-0.05, 0) is 44.2 Å². The lowest BCUT2D eigenvalue weighted by molar-refractivity contribution is 0.0402. The van der Waals surface area contributed by atoms with E-state index in [9.17, 15) is 9.59 Å². The molecule has 0 bridgehead atoms. The maximum Gasteiger partial charge on any atom is 0.412 e. The molecule has 1 amide bonds. The summed E-state index contributed by atoms with van der Waals surface area (Å²) >= 11 is 0. The summed E-state index contributed by atoms with van der Waals surface area (Å²) in [4.78, 5) is 36.7. The largest absolute Gasteiger partial charge is 0.444 e. The molecule has 3 aromatic rings. The average molecular weight is 344 g/mol. The van der Waals surface area contributed by atoms with Crippen molar-refractivity contribution in [1.82, 2.24) is 25.1 Å². The van der Waals surface area contributed by atoms with Crippen LogP contribution < -0.4 is 10.2 Å². The second-order valence-electron chi connectivity index (χ2n) is 6.12. The average Bonchev–Trinajstić information content (AvgIpc) is 3.13. The zero-order valence-electron chi connectivity index (χ0n) is 13.8. The standard InChI is InChI=1S/C15H16N6O4/c1-15(2,3)24-14(23)18-9-7-10(17-8-9)13(22)25-21-11-5-4-6-16-12(11)19-20-21/h4-8,17H,1-3H3,(H,18,23). The Kier molecular flexibility index (Phi) is 4.09. The summed E-state index contributed by atoms with van der Waals surface area (Å²) in [6.07, 6.45) is 2.38. The lowest BCUT2D eigenvalue weighted by Gasteiger charge is -2.19. The molecule has 0 aliphatic heterocycles. The van der Waals surface area contributed by atoms with Crippen molar-refractivity contribution in [1.29, 1.82) is 0 Å². The fraction of sp³-hybridized carbons (Fsp3) is 0.267. The van der Waals surface area contributed by atoms with E-state index in [0.717, 1.165) is 4.85 Å². The van der Waals surface area contributed by atoms with E-state index < -0.39 is 17.7 Å². The first-order chi connectivity index (χ1) is 11.8. The van der Waals surface area contributed by atoms with Crippen molar-refractivity contribution in [2.24, 2.45) is 0 Å². The zero-order valence-corrected chi connectivity index (χ0v) is 13.8. The summed E-state index contributed by atoms with van der Waals surface area (Å²) in [5.74, 6) is -0.701. The lowest BCUT2D eigenvalue weighted by Crippen LogP contribution is -2.27. The molecule has 3 aromatic heterocycles. The quantitative estimate of drug-likeness (QED) is 0.694. The topological polar surface area (TPSA) is 124 Å². The summed E-state index contributed by atoms with van der Waals surface area (Å²) in [7, 11) is 0. The molecule has 0 fully saturated rings. The number of ether oxygens (including phenoxy) is 1. The lowest BCUT2D eigenvalue weighted by atomic mass is 10.2. The summed E-state index contributed by atoms with van der Waals surface area (Å²) in [6, 6.07) is 4.76. The van der Waals surface area contributed by atoms with Crippen molar-refractivity contribution in [2.75, 3.05) is 5.32 Å². The fourth-order valence-corrected chi connectivity index (χ4v) is 1.95. The van der Waals surface area contributed by atoms with Gasteiger partial charge >= 0.3 is 12.1 Å². The predicted octanol–water partition coefficient (Wildman–Crippen LogP) is 1.77. The minimum Gasteiger partial charge on any atom is -0.444 e. The van der Waals surface area contributed by atoms with Crippen LogP contribution in [0.15, 0.2) is 30.6 Å². The molecule has 0 saturated carbocycles. The van der Waals surface area contributed by atoms with Crippen LogP contribution in [-0.2, 0) is 4.74 Å². The van der Waals surface area contributed by atoms with E-state index >= 15 is 0 Å². The Morgan fingerprint density at radius 2 is 2.12 bits per heavy atom. The molecule has 0 spiro atoms. The van der Waals surface area contributed by atoms with Crippen LogP contribution in [0, 0.1) is 0 Å². The van der Waals surface area contributed by atoms with Gasteiger partial charge in [-0.25, -0.2) is 14.6 Å². The van der Waals surface area contributed by atoms with Gasteiger partial charge in [-0.1, -0.05) is 4.85 Å². The molecular weight excluding hydrogens is 328 g/mol. The highest BCUT2D eigenvalue weighted by Crippen LogP contribution is 2.14. The van der Waals surface area contributed by atoms with Gasteiger partial charge < -0.3 is 14.6 Å². The van der Waals surface area contributed by atoms with Crippen LogP contribution in [-0.4, -0.2) is 42.8 Å². The molecule has 2 N–H and O–H groups in total. The van der Waals surface area contributed by atoms with Crippen LogP contribution in [0.25, 0.3) is 11.2 Å². The molecule has 25 heavy (non-hydrogen) atoms. The molecule has 0 atom stereocenters. The Bertz CT molecular complexity index is 923. The third-order valence-electron chi connectivity index (χ3n) is 2.91. The normalized spacial score (nSPS) is 11.3. The number of hydrogen-bond acceptors (Lipinski definition) is 7. The van der Waals surface area contributed by atoms with Crippen LogP contribution in [0.4, 0.5) is 10.5 Å². The van der Waals surface area contributed by atoms with Gasteiger partial charge in [-0.15, -0.1) is 5.10 Å². The second-order valence-corrected chi connectivity index (χ2v) is 6.12. The van der Waals surface area contributed by atoms with Crippen molar-refractivity contribution in [3.05, 3.63) is 36.3 Å². The highest BCUT2D eigenvalue weighted by atomic mass is 16.7. The van der Waals surface area contributed by atoms with Crippen molar-refractivity contribution >= 4 is 28.9 Å². The van der Waals surface area contributed by atoms with Gasteiger partial charge in [0.15, 0.2) is 5.52 Å². The number of rotatable bonds is 3. The fourth-order valence-electron chi connectivity index (χ4n) is 1.95. The molecule has 3 heterocycles. The van der Waals surface area contributed by atoms with E-state index in [4.69, 9.17) is 9.57 Å². The highest BCUT2D eigenvalue weighted by molar-refractivity contribution is 5.92. The van der Waals surface area contributed by atoms with Gasteiger partial charge in [-0.3, -0.25) is 5.32 Å². The number of nitrogens with one attached hydrogen (secondary N) is 2. The first kappa shape index (κ1) is 16.4. The summed E-state index contributed by atoms with van der Waals surface area (Å²) in [6.45, 7) is 5.26. The summed E-state index contributed by atoms with van der Waals surface area (Å²) in [5.41, 5.74) is 0.679. The highest BCUT2D eigenvalue weighted by Gasteiger charge is 2.18. The van der Waals surface area contributed by atoms with E-state index in [1.807, 2.05) is 0 Å². The second kappa shape index (κ2) is 6.23. The Balaban J connectivity index is 1.67. The van der Waals surface area contributed by atoms with Crippen LogP contribution in [0.3, 0.4) is 0 Å². The van der Waals surface area contributed by atoms with Crippen molar-refractivity contribution in [2.45, 2.75) is 26.4 Å². The molecule has 130 valence electrons. The molecule has 0 unspecified atom stereocenters. The van der Waals surface area contributed by atoms with Gasteiger partial charge in [0.2, 0.25) is 5.65 Å². The first-order valence-electron chi connectivity index (χ1n) is 7.39. The number of aromatic nitrogens is 5. The zero-order chi connectivity index (χ0) is 18.0. The SMILES string of the molecule is CC(C)(C)OC(=O)Nc1c[nH]c(C(=O)On2nnc3ncccc32)c1. The Labute approximate surface area is 142 Å². The molecule has 0 aliphatic carbocycles. The number of hydrogen-bond donors (Lipinski definition) is 2. The van der Waals surface area contributed by atoms with Gasteiger partial charge in [0.05, 0.1) is 5.69 Å². The number of pyridine rings is 1. The predicted molar refractivity (Wildman–Crippen MR) is 86.9 cm³/mol. The molecule has 10 nitrogen and oxygen atoms in total. The summed E-state index contributed by atoms with van der Waals surface area (Å²) in [5, 5.41) is 10.0. The van der Waals surface area contributed by atoms with Crippen LogP contribution >= 0.6 is 0 Å². The molecule has 0 radical (unpaired) electrons. The Hall–Kier alpha value is -3.43. The van der Waals surface area contributed by atoms with E-state index in [0.29, 0.717) is 16.9 Å². The van der Waals surface area contributed by atoms with E-state index in [2.05, 4.69) is 25.6 Å². The van der Waals surface area contributed by atoms with E-state index in [1.54, 1.807) is 39.1 Å². The minimum atomic E-state index is -0.701. The maximum absolute atomic E-state index is 12.2. The molecule has 0 saturated heterocycles. The molecular formula is C15H16N6O4. The van der Waals surface area contributed by atoms with Crippen LogP contribution in [0.2, 0.25) is 0 Å². The van der Waals surface area contributed by atoms with Crippen molar-refractivity contribution in [3.63, 3.8) is 0 Å². The number of carbonyl (C=O) groups is 2. The van der Waals surface area contributed by atoms with Crippen molar-refractivity contribution < 1.29 is 19.2 Å². The van der Waals surface area contributed by atoms with Crippen molar-refractivity contribution in [3.8, 4) is 0 Å². The van der Waals surface area contributed by atoms with E-state index in [1.165, 1.54) is 12.3 Å². The number of carbonyl (C=O) groups excluding carboxylic acids is 2. The molecule has 3 rings (SSSR count). The number of fused-ring (bicyclic) bond motifs is 1. The third kappa shape index (κ3) is 3.91. The monoisotopic (exact) mass is 344 g/mol. The number of anilines is 1. The van der Waals surface area contributed by atoms with Gasteiger partial charge in [-0.2, -0.15) is 0 Å².